The van der Waals surface area contributed by atoms with Crippen LogP contribution in [0.15, 0.2) is 41.3 Å². The van der Waals surface area contributed by atoms with Crippen LogP contribution in [0.4, 0.5) is 20.2 Å². The standard InChI is InChI=1S/C19H23F2N3O5S/c1-4-15(19(25)18-13(20)6-5-7-14(18)21)22-16-9-8-12(10-17(16)24(26)27)30(28,29)23-11(2)3/h5-11,15,19,22-23,25H,4H2,1-3H3/t15-,19-/m1/s1. The topological polar surface area (TPSA) is 122 Å². The molecule has 0 aliphatic carbocycles. The van der Waals surface area contributed by atoms with E-state index in [-0.39, 0.29) is 17.0 Å². The highest BCUT2D eigenvalue weighted by Crippen LogP contribution is 2.32. The van der Waals surface area contributed by atoms with E-state index in [0.717, 1.165) is 24.3 Å². The molecule has 164 valence electrons. The fourth-order valence-corrected chi connectivity index (χ4v) is 4.20. The maximum absolute atomic E-state index is 14.0. The van der Waals surface area contributed by atoms with Gasteiger partial charge in [-0.2, -0.15) is 0 Å². The molecule has 0 bridgehead atoms. The van der Waals surface area contributed by atoms with Crippen LogP contribution in [-0.4, -0.2) is 30.5 Å². The van der Waals surface area contributed by atoms with Gasteiger partial charge in [-0.15, -0.1) is 0 Å². The summed E-state index contributed by atoms with van der Waals surface area (Å²) in [4.78, 5) is 10.4. The Morgan fingerprint density at radius 3 is 2.27 bits per heavy atom. The van der Waals surface area contributed by atoms with Gasteiger partial charge in [0.1, 0.15) is 23.4 Å². The van der Waals surface area contributed by atoms with Crippen molar-refractivity contribution in [2.45, 2.75) is 50.3 Å². The van der Waals surface area contributed by atoms with Crippen molar-refractivity contribution in [2.75, 3.05) is 5.32 Å². The number of nitrogens with zero attached hydrogens (tertiary/aromatic N) is 1. The normalized spacial score (nSPS) is 13.8. The lowest BCUT2D eigenvalue weighted by Gasteiger charge is -2.25. The second-order valence-electron chi connectivity index (χ2n) is 6.95. The number of hydrogen-bond acceptors (Lipinski definition) is 6. The first-order chi connectivity index (χ1) is 14.0. The number of halogens is 2. The minimum absolute atomic E-state index is 0.0915. The van der Waals surface area contributed by atoms with Gasteiger partial charge in [0, 0.05) is 12.1 Å². The molecule has 2 aromatic carbocycles. The van der Waals surface area contributed by atoms with E-state index in [1.54, 1.807) is 20.8 Å². The van der Waals surface area contributed by atoms with Crippen molar-refractivity contribution in [2.24, 2.45) is 0 Å². The maximum atomic E-state index is 14.0. The number of aliphatic hydroxyl groups excluding tert-OH is 1. The Bertz CT molecular complexity index is 1010. The quantitative estimate of drug-likeness (QED) is 0.403. The number of rotatable bonds is 9. The van der Waals surface area contributed by atoms with E-state index in [1.807, 2.05) is 0 Å². The highest BCUT2D eigenvalue weighted by atomic mass is 32.2. The van der Waals surface area contributed by atoms with E-state index >= 15 is 0 Å². The molecule has 0 spiro atoms. The van der Waals surface area contributed by atoms with Gasteiger partial charge in [0.05, 0.1) is 21.4 Å². The molecular formula is C19H23F2N3O5S. The molecule has 8 nitrogen and oxygen atoms in total. The minimum atomic E-state index is -3.97. The molecule has 0 aliphatic heterocycles. The fourth-order valence-electron chi connectivity index (χ4n) is 2.93. The first-order valence-corrected chi connectivity index (χ1v) is 10.7. The number of benzene rings is 2. The van der Waals surface area contributed by atoms with Gasteiger partial charge in [-0.05, 0) is 44.5 Å². The molecule has 0 fully saturated rings. The fraction of sp³-hybridized carbons (Fsp3) is 0.368. The number of anilines is 1. The second kappa shape index (κ2) is 9.45. The first-order valence-electron chi connectivity index (χ1n) is 9.17. The van der Waals surface area contributed by atoms with Crippen molar-refractivity contribution >= 4 is 21.4 Å². The monoisotopic (exact) mass is 443 g/mol. The van der Waals surface area contributed by atoms with Gasteiger partial charge < -0.3 is 10.4 Å². The van der Waals surface area contributed by atoms with Gasteiger partial charge in [0.15, 0.2) is 0 Å². The molecular weight excluding hydrogens is 420 g/mol. The summed E-state index contributed by atoms with van der Waals surface area (Å²) in [5, 5.41) is 24.7. The Morgan fingerprint density at radius 2 is 1.77 bits per heavy atom. The predicted octanol–water partition coefficient (Wildman–Crippen LogP) is 3.48. The molecule has 0 aliphatic rings. The van der Waals surface area contributed by atoms with E-state index in [2.05, 4.69) is 10.0 Å². The van der Waals surface area contributed by atoms with Crippen LogP contribution < -0.4 is 10.0 Å². The average molecular weight is 443 g/mol. The Balaban J connectivity index is 2.42. The van der Waals surface area contributed by atoms with E-state index in [9.17, 15) is 32.4 Å². The SMILES string of the molecule is CC[C@@H](Nc1ccc(S(=O)(=O)NC(C)C)cc1[N+](=O)[O-])[C@@H](O)c1c(F)cccc1F. The zero-order valence-electron chi connectivity index (χ0n) is 16.6. The number of nitro groups is 1. The highest BCUT2D eigenvalue weighted by molar-refractivity contribution is 7.89. The van der Waals surface area contributed by atoms with E-state index < -0.39 is 56.0 Å². The molecule has 2 aromatic rings. The average Bonchev–Trinajstić information content (AvgIpc) is 2.64. The number of nitro benzene ring substituents is 1. The van der Waals surface area contributed by atoms with Gasteiger partial charge in [-0.25, -0.2) is 21.9 Å². The summed E-state index contributed by atoms with van der Waals surface area (Å²) in [6.07, 6.45) is -1.47. The number of aliphatic hydroxyl groups is 1. The van der Waals surface area contributed by atoms with Crippen LogP contribution in [0.25, 0.3) is 0 Å². The largest absolute Gasteiger partial charge is 0.386 e. The van der Waals surface area contributed by atoms with Gasteiger partial charge in [-0.3, -0.25) is 10.1 Å². The van der Waals surface area contributed by atoms with E-state index in [0.29, 0.717) is 0 Å². The third kappa shape index (κ3) is 5.29. The van der Waals surface area contributed by atoms with E-state index in [4.69, 9.17) is 0 Å². The predicted molar refractivity (Wildman–Crippen MR) is 108 cm³/mol. The van der Waals surface area contributed by atoms with Crippen molar-refractivity contribution in [3.8, 4) is 0 Å². The van der Waals surface area contributed by atoms with Crippen molar-refractivity contribution in [3.05, 3.63) is 63.7 Å². The summed E-state index contributed by atoms with van der Waals surface area (Å²) < 4.78 is 55.0. The van der Waals surface area contributed by atoms with Crippen molar-refractivity contribution < 1.29 is 27.2 Å². The Hall–Kier alpha value is -2.63. The van der Waals surface area contributed by atoms with Crippen LogP contribution in [0.1, 0.15) is 38.9 Å². The molecule has 2 atom stereocenters. The second-order valence-corrected chi connectivity index (χ2v) is 8.67. The summed E-state index contributed by atoms with van der Waals surface area (Å²) in [6.45, 7) is 4.84. The van der Waals surface area contributed by atoms with Crippen LogP contribution >= 0.6 is 0 Å². The Kier molecular flexibility index (Phi) is 7.45. The smallest absolute Gasteiger partial charge is 0.293 e. The maximum Gasteiger partial charge on any atom is 0.293 e. The van der Waals surface area contributed by atoms with Gasteiger partial charge in [0.2, 0.25) is 10.0 Å². The lowest BCUT2D eigenvalue weighted by atomic mass is 9.98. The lowest BCUT2D eigenvalue weighted by molar-refractivity contribution is -0.384. The third-order valence-electron chi connectivity index (χ3n) is 4.32. The zero-order valence-corrected chi connectivity index (χ0v) is 17.4. The van der Waals surface area contributed by atoms with Crippen LogP contribution in [-0.2, 0) is 10.0 Å². The molecule has 0 saturated heterocycles. The molecule has 0 heterocycles. The molecule has 0 unspecified atom stereocenters. The molecule has 11 heteroatoms. The van der Waals surface area contributed by atoms with Gasteiger partial charge in [-0.1, -0.05) is 13.0 Å². The molecule has 2 rings (SSSR count). The summed E-state index contributed by atoms with van der Waals surface area (Å²) in [6, 6.07) is 4.99. The first kappa shape index (κ1) is 23.6. The summed E-state index contributed by atoms with van der Waals surface area (Å²) in [7, 11) is -3.97. The Morgan fingerprint density at radius 1 is 1.17 bits per heavy atom. The van der Waals surface area contributed by atoms with Crippen LogP contribution in [0.2, 0.25) is 0 Å². The van der Waals surface area contributed by atoms with Crippen LogP contribution in [0.5, 0.6) is 0 Å². The van der Waals surface area contributed by atoms with Crippen molar-refractivity contribution in [3.63, 3.8) is 0 Å². The molecule has 0 saturated carbocycles. The van der Waals surface area contributed by atoms with Crippen molar-refractivity contribution in [1.82, 2.24) is 4.72 Å². The number of sulfonamides is 1. The van der Waals surface area contributed by atoms with E-state index in [1.165, 1.54) is 12.1 Å². The zero-order chi connectivity index (χ0) is 22.6. The lowest BCUT2D eigenvalue weighted by Crippen LogP contribution is -2.30. The molecule has 3 N–H and O–H groups in total. The van der Waals surface area contributed by atoms with Gasteiger partial charge >= 0.3 is 0 Å². The van der Waals surface area contributed by atoms with Crippen LogP contribution in [0.3, 0.4) is 0 Å². The molecule has 0 aromatic heterocycles. The third-order valence-corrected chi connectivity index (χ3v) is 5.98. The van der Waals surface area contributed by atoms with Gasteiger partial charge in [0.25, 0.3) is 5.69 Å². The molecule has 0 radical (unpaired) electrons. The van der Waals surface area contributed by atoms with Crippen molar-refractivity contribution in [1.29, 1.82) is 0 Å². The molecule has 0 amide bonds. The molecule has 30 heavy (non-hydrogen) atoms. The van der Waals surface area contributed by atoms with Crippen LogP contribution in [0, 0.1) is 21.7 Å². The number of nitrogens with one attached hydrogen (secondary N) is 2. The summed E-state index contributed by atoms with van der Waals surface area (Å²) in [5.74, 6) is -1.89. The highest BCUT2D eigenvalue weighted by Gasteiger charge is 2.28. The summed E-state index contributed by atoms with van der Waals surface area (Å²) >= 11 is 0. The minimum Gasteiger partial charge on any atom is -0.386 e. The number of hydrogen-bond donors (Lipinski definition) is 3. The Labute approximate surface area is 173 Å². The summed E-state index contributed by atoms with van der Waals surface area (Å²) in [5.41, 5.74) is -1.20.